The number of nitrogens with one attached hydrogen (secondary N) is 1. The van der Waals surface area contributed by atoms with Crippen molar-refractivity contribution < 1.29 is 4.79 Å². The Labute approximate surface area is 107 Å². The molecule has 0 radical (unpaired) electrons. The van der Waals surface area contributed by atoms with Crippen LogP contribution in [0.1, 0.15) is 32.1 Å². The lowest BCUT2D eigenvalue weighted by Gasteiger charge is -2.27. The summed E-state index contributed by atoms with van der Waals surface area (Å²) in [6.45, 7) is 2.20. The zero-order valence-corrected chi connectivity index (χ0v) is 10.6. The van der Waals surface area contributed by atoms with Crippen LogP contribution in [-0.2, 0) is 4.79 Å². The van der Waals surface area contributed by atoms with E-state index in [0.29, 0.717) is 0 Å². The molecular formula is C14H19N3O. The summed E-state index contributed by atoms with van der Waals surface area (Å²) in [5.41, 5.74) is 0.813. The minimum atomic E-state index is 0.141. The second-order valence-corrected chi connectivity index (χ2v) is 5.22. The van der Waals surface area contributed by atoms with E-state index in [9.17, 15) is 4.79 Å². The first-order chi connectivity index (χ1) is 8.83. The summed E-state index contributed by atoms with van der Waals surface area (Å²) in [5.74, 6) is 1.41. The molecule has 2 heterocycles. The Hall–Kier alpha value is -1.58. The van der Waals surface area contributed by atoms with Crippen LogP contribution < -0.4 is 10.2 Å². The predicted octanol–water partition coefficient (Wildman–Crippen LogP) is 2.42. The van der Waals surface area contributed by atoms with Crippen LogP contribution >= 0.6 is 0 Å². The van der Waals surface area contributed by atoms with Gasteiger partial charge >= 0.3 is 0 Å². The summed E-state index contributed by atoms with van der Waals surface area (Å²) in [6, 6.07) is 3.96. The normalized spacial score (nSPS) is 19.7. The molecule has 1 N–H and O–H groups in total. The lowest BCUT2D eigenvalue weighted by molar-refractivity contribution is -0.117. The molecule has 3 rings (SSSR count). The van der Waals surface area contributed by atoms with Gasteiger partial charge in [0.1, 0.15) is 5.82 Å². The van der Waals surface area contributed by atoms with Crippen molar-refractivity contribution in [3.05, 3.63) is 18.3 Å². The largest absolute Gasteiger partial charge is 0.357 e. The number of hydrogen-bond donors (Lipinski definition) is 1. The van der Waals surface area contributed by atoms with Gasteiger partial charge in [-0.05, 0) is 44.2 Å². The molecule has 0 spiro atoms. The van der Waals surface area contributed by atoms with Crippen molar-refractivity contribution in [1.82, 2.24) is 4.98 Å². The fourth-order valence-corrected chi connectivity index (χ4v) is 2.36. The SMILES string of the molecule is O=C(Nc1ccc(N2CCCCC2)nc1)C1CC1. The van der Waals surface area contributed by atoms with Gasteiger partial charge in [0, 0.05) is 19.0 Å². The van der Waals surface area contributed by atoms with Gasteiger partial charge in [0.15, 0.2) is 0 Å². The molecule has 1 aromatic rings. The van der Waals surface area contributed by atoms with E-state index < -0.39 is 0 Å². The van der Waals surface area contributed by atoms with Gasteiger partial charge in [-0.25, -0.2) is 4.98 Å². The zero-order chi connectivity index (χ0) is 12.4. The van der Waals surface area contributed by atoms with Crippen molar-refractivity contribution in [3.63, 3.8) is 0 Å². The van der Waals surface area contributed by atoms with E-state index >= 15 is 0 Å². The number of hydrogen-bond acceptors (Lipinski definition) is 3. The topological polar surface area (TPSA) is 45.2 Å². The number of aromatic nitrogens is 1. The molecule has 1 aliphatic heterocycles. The van der Waals surface area contributed by atoms with Crippen molar-refractivity contribution in [2.24, 2.45) is 5.92 Å². The zero-order valence-electron chi connectivity index (χ0n) is 10.6. The molecule has 4 heteroatoms. The minimum Gasteiger partial charge on any atom is -0.357 e. The molecule has 2 fully saturated rings. The molecule has 0 atom stereocenters. The summed E-state index contributed by atoms with van der Waals surface area (Å²) in [6.07, 6.45) is 7.66. The maximum atomic E-state index is 11.6. The Kier molecular flexibility index (Phi) is 3.17. The van der Waals surface area contributed by atoms with Gasteiger partial charge in [-0.1, -0.05) is 0 Å². The number of pyridine rings is 1. The molecule has 18 heavy (non-hydrogen) atoms. The first kappa shape index (κ1) is 11.5. The first-order valence-electron chi connectivity index (χ1n) is 6.85. The smallest absolute Gasteiger partial charge is 0.227 e. The maximum absolute atomic E-state index is 11.6. The molecule has 0 unspecified atom stereocenters. The lowest BCUT2D eigenvalue weighted by Crippen LogP contribution is -2.30. The molecule has 4 nitrogen and oxygen atoms in total. The maximum Gasteiger partial charge on any atom is 0.227 e. The van der Waals surface area contributed by atoms with Gasteiger partial charge in [-0.3, -0.25) is 4.79 Å². The van der Waals surface area contributed by atoms with E-state index in [-0.39, 0.29) is 11.8 Å². The molecule has 1 aliphatic carbocycles. The summed E-state index contributed by atoms with van der Waals surface area (Å²) in [7, 11) is 0. The van der Waals surface area contributed by atoms with Crippen LogP contribution in [0.5, 0.6) is 0 Å². The third kappa shape index (κ3) is 2.63. The molecule has 1 amide bonds. The molecule has 0 bridgehead atoms. The monoisotopic (exact) mass is 245 g/mol. The molecule has 0 aromatic carbocycles. The molecular weight excluding hydrogens is 226 g/mol. The molecule has 2 aliphatic rings. The van der Waals surface area contributed by atoms with Gasteiger partial charge in [-0.2, -0.15) is 0 Å². The van der Waals surface area contributed by atoms with Crippen molar-refractivity contribution >= 4 is 17.4 Å². The Morgan fingerprint density at radius 3 is 2.61 bits per heavy atom. The van der Waals surface area contributed by atoms with Gasteiger partial charge in [0.25, 0.3) is 0 Å². The summed E-state index contributed by atoms with van der Waals surface area (Å²) in [5, 5.41) is 2.91. The van der Waals surface area contributed by atoms with Crippen LogP contribution in [0.25, 0.3) is 0 Å². The van der Waals surface area contributed by atoms with Crippen molar-refractivity contribution in [2.75, 3.05) is 23.3 Å². The van der Waals surface area contributed by atoms with Crippen molar-refractivity contribution in [1.29, 1.82) is 0 Å². The average molecular weight is 245 g/mol. The number of piperidine rings is 1. The number of anilines is 2. The van der Waals surface area contributed by atoms with Crippen LogP contribution in [0, 0.1) is 5.92 Å². The number of carbonyl (C=O) groups excluding carboxylic acids is 1. The third-order valence-electron chi connectivity index (χ3n) is 3.64. The minimum absolute atomic E-state index is 0.141. The van der Waals surface area contributed by atoms with Gasteiger partial charge < -0.3 is 10.2 Å². The number of carbonyl (C=O) groups is 1. The number of rotatable bonds is 3. The van der Waals surface area contributed by atoms with Crippen LogP contribution in [0.15, 0.2) is 18.3 Å². The highest BCUT2D eigenvalue weighted by atomic mass is 16.2. The summed E-state index contributed by atoms with van der Waals surface area (Å²) >= 11 is 0. The van der Waals surface area contributed by atoms with E-state index in [4.69, 9.17) is 0 Å². The highest BCUT2D eigenvalue weighted by molar-refractivity contribution is 5.93. The standard InChI is InChI=1S/C14H19N3O/c18-14(11-4-5-11)16-12-6-7-13(15-10-12)17-8-2-1-3-9-17/h6-7,10-11H,1-5,8-9H2,(H,16,18). The van der Waals surface area contributed by atoms with Crippen molar-refractivity contribution in [3.8, 4) is 0 Å². The third-order valence-corrected chi connectivity index (χ3v) is 3.64. The fraction of sp³-hybridized carbons (Fsp3) is 0.571. The van der Waals surface area contributed by atoms with Gasteiger partial charge in [0.05, 0.1) is 11.9 Å². The molecule has 1 aromatic heterocycles. The second kappa shape index (κ2) is 4.96. The Bertz CT molecular complexity index is 419. The Balaban J connectivity index is 1.62. The Morgan fingerprint density at radius 2 is 2.00 bits per heavy atom. The predicted molar refractivity (Wildman–Crippen MR) is 71.7 cm³/mol. The van der Waals surface area contributed by atoms with Crippen LogP contribution in [-0.4, -0.2) is 24.0 Å². The first-order valence-corrected chi connectivity index (χ1v) is 6.85. The van der Waals surface area contributed by atoms with Crippen LogP contribution in [0.3, 0.4) is 0 Å². The van der Waals surface area contributed by atoms with Crippen LogP contribution in [0.2, 0.25) is 0 Å². The van der Waals surface area contributed by atoms with E-state index in [0.717, 1.165) is 37.4 Å². The van der Waals surface area contributed by atoms with E-state index in [1.807, 2.05) is 12.1 Å². The summed E-state index contributed by atoms with van der Waals surface area (Å²) in [4.78, 5) is 18.4. The molecule has 1 saturated carbocycles. The molecule has 96 valence electrons. The van der Waals surface area contributed by atoms with Gasteiger partial charge in [0.2, 0.25) is 5.91 Å². The number of nitrogens with zero attached hydrogens (tertiary/aromatic N) is 2. The second-order valence-electron chi connectivity index (χ2n) is 5.22. The van der Waals surface area contributed by atoms with E-state index in [1.165, 1.54) is 19.3 Å². The average Bonchev–Trinajstić information content (AvgIpc) is 3.25. The quantitative estimate of drug-likeness (QED) is 0.889. The summed E-state index contributed by atoms with van der Waals surface area (Å²) < 4.78 is 0. The highest BCUT2D eigenvalue weighted by Gasteiger charge is 2.29. The van der Waals surface area contributed by atoms with E-state index in [1.54, 1.807) is 6.20 Å². The van der Waals surface area contributed by atoms with Crippen LogP contribution in [0.4, 0.5) is 11.5 Å². The lowest BCUT2D eigenvalue weighted by atomic mass is 10.1. The van der Waals surface area contributed by atoms with E-state index in [2.05, 4.69) is 15.2 Å². The fourth-order valence-electron chi connectivity index (χ4n) is 2.36. The highest BCUT2D eigenvalue weighted by Crippen LogP contribution is 2.30. The van der Waals surface area contributed by atoms with Crippen molar-refractivity contribution in [2.45, 2.75) is 32.1 Å². The number of amides is 1. The molecule has 1 saturated heterocycles. The Morgan fingerprint density at radius 1 is 1.22 bits per heavy atom. The van der Waals surface area contributed by atoms with Gasteiger partial charge in [-0.15, -0.1) is 0 Å².